The van der Waals surface area contributed by atoms with Crippen LogP contribution in [0.15, 0.2) is 12.2 Å². The van der Waals surface area contributed by atoms with Gasteiger partial charge in [-0.25, -0.2) is 0 Å². The van der Waals surface area contributed by atoms with Crippen molar-refractivity contribution in [1.82, 2.24) is 0 Å². The predicted molar refractivity (Wildman–Crippen MR) is 114 cm³/mol. The van der Waals surface area contributed by atoms with Crippen molar-refractivity contribution in [3.8, 4) is 0 Å². The molecule has 170 valence electrons. The molecule has 6 heteroatoms. The highest BCUT2D eigenvalue weighted by molar-refractivity contribution is 5.85. The molecule has 0 fully saturated rings. The van der Waals surface area contributed by atoms with Crippen LogP contribution in [0.1, 0.15) is 103 Å². The summed E-state index contributed by atoms with van der Waals surface area (Å²) in [4.78, 5) is 22.9. The van der Waals surface area contributed by atoms with E-state index in [1.54, 1.807) is 0 Å². The van der Waals surface area contributed by atoms with Crippen LogP contribution in [0.2, 0.25) is 0 Å². The smallest absolute Gasteiger partial charge is 0.313 e. The van der Waals surface area contributed by atoms with E-state index in [-0.39, 0.29) is 25.4 Å². The highest BCUT2D eigenvalue weighted by atomic mass is 16.6. The van der Waals surface area contributed by atoms with Gasteiger partial charge in [0, 0.05) is 12.8 Å². The Morgan fingerprint density at radius 2 is 1.45 bits per heavy atom. The zero-order chi connectivity index (χ0) is 21.7. The molecule has 0 heterocycles. The summed E-state index contributed by atoms with van der Waals surface area (Å²) in [5.41, 5.74) is 0. The SMILES string of the molecule is CCCCCC[C@@H](O)CC=CCCCCCCCC(=O)OC(=O)CCC(O)CO. The summed E-state index contributed by atoms with van der Waals surface area (Å²) < 4.78 is 4.67. The van der Waals surface area contributed by atoms with Crippen molar-refractivity contribution in [3.05, 3.63) is 12.2 Å². The molecule has 0 aromatic heterocycles. The van der Waals surface area contributed by atoms with Crippen LogP contribution in [-0.2, 0) is 14.3 Å². The van der Waals surface area contributed by atoms with Crippen LogP contribution in [0.25, 0.3) is 0 Å². The van der Waals surface area contributed by atoms with Crippen molar-refractivity contribution in [3.63, 3.8) is 0 Å². The monoisotopic (exact) mass is 414 g/mol. The Balaban J connectivity index is 3.47. The molecule has 0 bridgehead atoms. The quantitative estimate of drug-likeness (QED) is 0.127. The molecule has 3 N–H and O–H groups in total. The molecule has 0 aliphatic rings. The van der Waals surface area contributed by atoms with Gasteiger partial charge in [0.2, 0.25) is 0 Å². The van der Waals surface area contributed by atoms with E-state index in [0.29, 0.717) is 6.42 Å². The van der Waals surface area contributed by atoms with Crippen LogP contribution in [0.3, 0.4) is 0 Å². The summed E-state index contributed by atoms with van der Waals surface area (Å²) in [5, 5.41) is 27.7. The fraction of sp³-hybridized carbons (Fsp3) is 0.826. The molecule has 6 nitrogen and oxygen atoms in total. The Kier molecular flexibility index (Phi) is 19.2. The van der Waals surface area contributed by atoms with Gasteiger partial charge in [0.1, 0.15) is 0 Å². The fourth-order valence-corrected chi connectivity index (χ4v) is 2.96. The molecule has 0 saturated heterocycles. The first-order valence-electron chi connectivity index (χ1n) is 11.3. The van der Waals surface area contributed by atoms with E-state index in [1.807, 2.05) is 0 Å². The highest BCUT2D eigenvalue weighted by Crippen LogP contribution is 2.11. The zero-order valence-electron chi connectivity index (χ0n) is 18.2. The van der Waals surface area contributed by atoms with Crippen molar-refractivity contribution in [2.45, 2.75) is 115 Å². The molecule has 0 amide bonds. The van der Waals surface area contributed by atoms with Gasteiger partial charge >= 0.3 is 11.9 Å². The van der Waals surface area contributed by atoms with Crippen LogP contribution in [0.4, 0.5) is 0 Å². The van der Waals surface area contributed by atoms with E-state index >= 15 is 0 Å². The minimum atomic E-state index is -0.951. The number of aliphatic hydroxyl groups is 3. The molecular weight excluding hydrogens is 372 g/mol. The number of ether oxygens (including phenoxy) is 1. The molecule has 0 aromatic rings. The Bertz CT molecular complexity index is 435. The van der Waals surface area contributed by atoms with E-state index in [2.05, 4.69) is 23.8 Å². The number of carbonyl (C=O) groups is 2. The van der Waals surface area contributed by atoms with E-state index in [0.717, 1.165) is 51.4 Å². The molecule has 0 spiro atoms. The summed E-state index contributed by atoms with van der Waals surface area (Å²) in [7, 11) is 0. The summed E-state index contributed by atoms with van der Waals surface area (Å²) in [5.74, 6) is -1.18. The largest absolute Gasteiger partial charge is 0.394 e. The second-order valence-electron chi connectivity index (χ2n) is 7.74. The Hall–Kier alpha value is -1.24. The minimum Gasteiger partial charge on any atom is -0.394 e. The highest BCUT2D eigenvalue weighted by Gasteiger charge is 2.12. The van der Waals surface area contributed by atoms with Crippen LogP contribution < -0.4 is 0 Å². The summed E-state index contributed by atoms with van der Waals surface area (Å²) in [6, 6.07) is 0. The first-order chi connectivity index (χ1) is 14.0. The molecule has 1 unspecified atom stereocenters. The minimum absolute atomic E-state index is 0.0726. The van der Waals surface area contributed by atoms with Gasteiger partial charge in [-0.2, -0.15) is 0 Å². The van der Waals surface area contributed by atoms with Crippen molar-refractivity contribution < 1.29 is 29.6 Å². The first kappa shape index (κ1) is 27.8. The van der Waals surface area contributed by atoms with Crippen LogP contribution in [0, 0.1) is 0 Å². The molecular formula is C23H42O6. The van der Waals surface area contributed by atoms with Crippen molar-refractivity contribution >= 4 is 11.9 Å². The number of carbonyl (C=O) groups excluding carboxylic acids is 2. The standard InChI is InChI=1S/C23H42O6/c1-2-3-4-11-14-20(25)15-12-9-7-5-6-8-10-13-16-22(27)29-23(28)18-17-21(26)19-24/h9,12,20-21,24-26H,2-8,10-11,13-19H2,1H3/t20-,21?/m1/s1. The summed E-state index contributed by atoms with van der Waals surface area (Å²) in [6.07, 6.45) is 15.6. The molecule has 0 aliphatic carbocycles. The average Bonchev–Trinajstić information content (AvgIpc) is 2.70. The van der Waals surface area contributed by atoms with Gasteiger partial charge in [-0.1, -0.05) is 64.0 Å². The maximum Gasteiger partial charge on any atom is 0.313 e. The second-order valence-corrected chi connectivity index (χ2v) is 7.74. The van der Waals surface area contributed by atoms with Crippen molar-refractivity contribution in [1.29, 1.82) is 0 Å². The van der Waals surface area contributed by atoms with Gasteiger partial charge < -0.3 is 20.1 Å². The Morgan fingerprint density at radius 3 is 2.17 bits per heavy atom. The average molecular weight is 415 g/mol. The predicted octanol–water partition coefficient (Wildman–Crippen LogP) is 4.20. The van der Waals surface area contributed by atoms with Crippen LogP contribution in [0.5, 0.6) is 0 Å². The van der Waals surface area contributed by atoms with Crippen molar-refractivity contribution in [2.24, 2.45) is 0 Å². The molecule has 2 atom stereocenters. The maximum atomic E-state index is 11.5. The second kappa shape index (κ2) is 20.0. The van der Waals surface area contributed by atoms with E-state index in [9.17, 15) is 14.7 Å². The lowest BCUT2D eigenvalue weighted by molar-refractivity contribution is -0.160. The fourth-order valence-electron chi connectivity index (χ4n) is 2.96. The number of allylic oxidation sites excluding steroid dienone is 1. The molecule has 0 aliphatic heterocycles. The van der Waals surface area contributed by atoms with Gasteiger partial charge in [-0.3, -0.25) is 9.59 Å². The van der Waals surface area contributed by atoms with Crippen molar-refractivity contribution in [2.75, 3.05) is 6.61 Å². The molecule has 0 saturated carbocycles. The van der Waals surface area contributed by atoms with Gasteiger partial charge in [0.25, 0.3) is 0 Å². The number of hydrogen-bond donors (Lipinski definition) is 3. The van der Waals surface area contributed by atoms with E-state index in [4.69, 9.17) is 10.2 Å². The van der Waals surface area contributed by atoms with Gasteiger partial charge in [0.05, 0.1) is 18.8 Å². The Morgan fingerprint density at radius 1 is 0.793 bits per heavy atom. The lowest BCUT2D eigenvalue weighted by Gasteiger charge is -2.07. The normalized spacial score (nSPS) is 13.5. The van der Waals surface area contributed by atoms with Crippen LogP contribution >= 0.6 is 0 Å². The third kappa shape index (κ3) is 19.8. The topological polar surface area (TPSA) is 104 Å². The molecule has 0 rings (SSSR count). The number of unbranched alkanes of at least 4 members (excludes halogenated alkanes) is 8. The number of esters is 2. The van der Waals surface area contributed by atoms with Gasteiger partial charge in [-0.15, -0.1) is 0 Å². The summed E-state index contributed by atoms with van der Waals surface area (Å²) >= 11 is 0. The third-order valence-electron chi connectivity index (χ3n) is 4.84. The lowest BCUT2D eigenvalue weighted by Crippen LogP contribution is -2.17. The summed E-state index contributed by atoms with van der Waals surface area (Å²) in [6.45, 7) is 1.78. The molecule has 0 radical (unpaired) electrons. The third-order valence-corrected chi connectivity index (χ3v) is 4.84. The zero-order valence-corrected chi connectivity index (χ0v) is 18.2. The number of hydrogen-bond acceptors (Lipinski definition) is 6. The number of aliphatic hydroxyl groups excluding tert-OH is 3. The van der Waals surface area contributed by atoms with E-state index < -0.39 is 24.6 Å². The maximum absolute atomic E-state index is 11.5. The van der Waals surface area contributed by atoms with Gasteiger partial charge in [0.15, 0.2) is 0 Å². The van der Waals surface area contributed by atoms with E-state index in [1.165, 1.54) is 19.3 Å². The first-order valence-corrected chi connectivity index (χ1v) is 11.3. The van der Waals surface area contributed by atoms with Crippen LogP contribution in [-0.4, -0.2) is 46.1 Å². The molecule has 29 heavy (non-hydrogen) atoms. The lowest BCUT2D eigenvalue weighted by atomic mass is 10.1. The number of rotatable bonds is 19. The Labute approximate surface area is 176 Å². The van der Waals surface area contributed by atoms with Gasteiger partial charge in [-0.05, 0) is 38.5 Å². The molecule has 0 aromatic carbocycles.